The average molecular weight is 340 g/mol. The number of anilines is 1. The molecule has 2 rings (SSSR count). The van der Waals surface area contributed by atoms with Crippen LogP contribution in [-0.4, -0.2) is 18.0 Å². The zero-order valence-electron chi connectivity index (χ0n) is 14.8. The predicted octanol–water partition coefficient (Wildman–Crippen LogP) is 6.03. The summed E-state index contributed by atoms with van der Waals surface area (Å²) in [5.41, 5.74) is 2.58. The second kappa shape index (κ2) is 9.52. The van der Waals surface area contributed by atoms with Crippen molar-refractivity contribution in [2.75, 3.05) is 18.0 Å². The maximum absolute atomic E-state index is 10.6. The molecule has 25 heavy (non-hydrogen) atoms. The Kier molecular flexibility index (Phi) is 7.07. The number of nitrogens with zero attached hydrogens (tertiary/aromatic N) is 4. The lowest BCUT2D eigenvalue weighted by molar-refractivity contribution is -0.384. The quantitative estimate of drug-likeness (QED) is 0.242. The number of rotatable bonds is 9. The number of non-ortho nitro benzene ring substituents is 1. The molecule has 6 heteroatoms. The van der Waals surface area contributed by atoms with Gasteiger partial charge in [-0.25, -0.2) is 0 Å². The molecule has 0 aliphatic rings. The zero-order chi connectivity index (χ0) is 18.1. The lowest BCUT2D eigenvalue weighted by Gasteiger charge is -2.23. The topological polar surface area (TPSA) is 71.1 Å². The number of azo groups is 1. The number of benzene rings is 2. The third-order valence-electron chi connectivity index (χ3n) is 3.97. The highest BCUT2D eigenvalue weighted by Crippen LogP contribution is 2.23. The first-order valence-electron chi connectivity index (χ1n) is 8.65. The highest BCUT2D eigenvalue weighted by molar-refractivity contribution is 5.53. The van der Waals surface area contributed by atoms with Crippen molar-refractivity contribution in [1.82, 2.24) is 0 Å². The fraction of sp³-hybridized carbons (Fsp3) is 0.368. The predicted molar refractivity (Wildman–Crippen MR) is 101 cm³/mol. The van der Waals surface area contributed by atoms with Crippen molar-refractivity contribution >= 4 is 22.7 Å². The molecule has 2 aromatic carbocycles. The molecule has 0 spiro atoms. The Labute approximate surface area is 148 Å². The highest BCUT2D eigenvalue weighted by Gasteiger charge is 2.05. The molecule has 0 aliphatic carbocycles. The first kappa shape index (κ1) is 18.6. The van der Waals surface area contributed by atoms with Crippen LogP contribution in [0.15, 0.2) is 58.8 Å². The smallest absolute Gasteiger partial charge is 0.269 e. The second-order valence-corrected chi connectivity index (χ2v) is 5.78. The summed E-state index contributed by atoms with van der Waals surface area (Å²) in [7, 11) is 0. The number of nitro benzene ring substituents is 1. The molecule has 0 amide bonds. The summed E-state index contributed by atoms with van der Waals surface area (Å²) in [6.45, 7) is 6.41. The van der Waals surface area contributed by atoms with Crippen molar-refractivity contribution in [3.63, 3.8) is 0 Å². The summed E-state index contributed by atoms with van der Waals surface area (Å²) in [5, 5.41) is 18.9. The van der Waals surface area contributed by atoms with Gasteiger partial charge in [0, 0.05) is 30.9 Å². The summed E-state index contributed by atoms with van der Waals surface area (Å²) >= 11 is 0. The van der Waals surface area contributed by atoms with Crippen LogP contribution in [0.2, 0.25) is 0 Å². The Morgan fingerprint density at radius 3 is 1.96 bits per heavy atom. The Bertz CT molecular complexity index is 696. The van der Waals surface area contributed by atoms with Crippen LogP contribution in [-0.2, 0) is 0 Å². The standard InChI is InChI=1S/C19H24N4O2/c1-3-5-6-15-22(4-2)18-11-7-16(8-12-18)20-21-17-9-13-19(14-10-17)23(24)25/h7-14H,3-6,15H2,1-2H3. The van der Waals surface area contributed by atoms with Gasteiger partial charge in [0.05, 0.1) is 16.3 Å². The minimum Gasteiger partial charge on any atom is -0.372 e. The van der Waals surface area contributed by atoms with Gasteiger partial charge in [0.25, 0.3) is 5.69 Å². The molecule has 0 aromatic heterocycles. The fourth-order valence-electron chi connectivity index (χ4n) is 2.51. The molecule has 0 heterocycles. The van der Waals surface area contributed by atoms with E-state index >= 15 is 0 Å². The fourth-order valence-corrected chi connectivity index (χ4v) is 2.51. The highest BCUT2D eigenvalue weighted by atomic mass is 16.6. The van der Waals surface area contributed by atoms with Crippen LogP contribution < -0.4 is 4.90 Å². The minimum atomic E-state index is -0.431. The average Bonchev–Trinajstić information content (AvgIpc) is 2.64. The van der Waals surface area contributed by atoms with Crippen LogP contribution >= 0.6 is 0 Å². The van der Waals surface area contributed by atoms with Crippen molar-refractivity contribution in [1.29, 1.82) is 0 Å². The first-order valence-corrected chi connectivity index (χ1v) is 8.65. The largest absolute Gasteiger partial charge is 0.372 e. The third-order valence-corrected chi connectivity index (χ3v) is 3.97. The van der Waals surface area contributed by atoms with E-state index in [4.69, 9.17) is 0 Å². The van der Waals surface area contributed by atoms with Crippen molar-refractivity contribution in [2.24, 2.45) is 10.2 Å². The lowest BCUT2D eigenvalue weighted by atomic mass is 10.2. The van der Waals surface area contributed by atoms with E-state index in [1.54, 1.807) is 12.1 Å². The molecule has 0 unspecified atom stereocenters. The summed E-state index contributed by atoms with van der Waals surface area (Å²) in [5.74, 6) is 0. The SMILES string of the molecule is CCCCCN(CC)c1ccc(N=Nc2ccc([N+](=O)[O-])cc2)cc1. The van der Waals surface area contributed by atoms with E-state index < -0.39 is 4.92 Å². The van der Waals surface area contributed by atoms with E-state index in [0.717, 1.165) is 18.8 Å². The van der Waals surface area contributed by atoms with Gasteiger partial charge in [-0.15, -0.1) is 0 Å². The molecule has 0 N–H and O–H groups in total. The molecular weight excluding hydrogens is 316 g/mol. The van der Waals surface area contributed by atoms with Gasteiger partial charge in [-0.3, -0.25) is 10.1 Å². The Hall–Kier alpha value is -2.76. The molecule has 0 saturated heterocycles. The molecule has 0 atom stereocenters. The molecule has 0 aliphatic heterocycles. The van der Waals surface area contributed by atoms with Crippen molar-refractivity contribution < 1.29 is 4.92 Å². The second-order valence-electron chi connectivity index (χ2n) is 5.78. The van der Waals surface area contributed by atoms with Gasteiger partial charge in [-0.05, 0) is 49.7 Å². The molecule has 2 aromatic rings. The van der Waals surface area contributed by atoms with E-state index in [2.05, 4.69) is 41.1 Å². The normalized spacial score (nSPS) is 11.0. The van der Waals surface area contributed by atoms with Gasteiger partial charge in [0.15, 0.2) is 0 Å². The van der Waals surface area contributed by atoms with E-state index in [1.807, 2.05) is 12.1 Å². The molecule has 0 bridgehead atoms. The van der Waals surface area contributed by atoms with E-state index in [1.165, 1.54) is 37.1 Å². The van der Waals surface area contributed by atoms with Gasteiger partial charge in [0.1, 0.15) is 0 Å². The summed E-state index contributed by atoms with van der Waals surface area (Å²) in [6.07, 6.45) is 3.67. The van der Waals surface area contributed by atoms with Gasteiger partial charge in [-0.2, -0.15) is 10.2 Å². The van der Waals surface area contributed by atoms with E-state index in [0.29, 0.717) is 5.69 Å². The van der Waals surface area contributed by atoms with Gasteiger partial charge in [-0.1, -0.05) is 19.8 Å². The number of hydrogen-bond donors (Lipinski definition) is 0. The van der Waals surface area contributed by atoms with Crippen molar-refractivity contribution in [3.8, 4) is 0 Å². The van der Waals surface area contributed by atoms with Crippen molar-refractivity contribution in [2.45, 2.75) is 33.1 Å². The lowest BCUT2D eigenvalue weighted by Crippen LogP contribution is -2.23. The van der Waals surface area contributed by atoms with Crippen LogP contribution in [0.25, 0.3) is 0 Å². The van der Waals surface area contributed by atoms with E-state index in [9.17, 15) is 10.1 Å². The third kappa shape index (κ3) is 5.67. The number of hydrogen-bond acceptors (Lipinski definition) is 5. The van der Waals surface area contributed by atoms with E-state index in [-0.39, 0.29) is 5.69 Å². The van der Waals surface area contributed by atoms with Gasteiger partial charge >= 0.3 is 0 Å². The van der Waals surface area contributed by atoms with Gasteiger partial charge < -0.3 is 4.90 Å². The summed E-state index contributed by atoms with van der Waals surface area (Å²) in [6, 6.07) is 14.0. The molecule has 132 valence electrons. The Balaban J connectivity index is 2.00. The van der Waals surface area contributed by atoms with Crippen molar-refractivity contribution in [3.05, 3.63) is 58.6 Å². The molecule has 0 saturated carbocycles. The molecular formula is C19H24N4O2. The monoisotopic (exact) mass is 340 g/mol. The molecule has 6 nitrogen and oxygen atoms in total. The summed E-state index contributed by atoms with van der Waals surface area (Å²) in [4.78, 5) is 12.6. The van der Waals surface area contributed by atoms with Crippen LogP contribution in [0.3, 0.4) is 0 Å². The van der Waals surface area contributed by atoms with Crippen LogP contribution in [0.4, 0.5) is 22.7 Å². The minimum absolute atomic E-state index is 0.0473. The maximum Gasteiger partial charge on any atom is 0.269 e. The van der Waals surface area contributed by atoms with Crippen LogP contribution in [0.5, 0.6) is 0 Å². The van der Waals surface area contributed by atoms with Crippen LogP contribution in [0, 0.1) is 10.1 Å². The maximum atomic E-state index is 10.6. The summed E-state index contributed by atoms with van der Waals surface area (Å²) < 4.78 is 0. The van der Waals surface area contributed by atoms with Crippen LogP contribution in [0.1, 0.15) is 33.1 Å². The number of nitro groups is 1. The number of unbranched alkanes of at least 4 members (excludes halogenated alkanes) is 2. The first-order chi connectivity index (χ1) is 12.1. The Morgan fingerprint density at radius 1 is 0.920 bits per heavy atom. The molecule has 0 radical (unpaired) electrons. The Morgan fingerprint density at radius 2 is 1.48 bits per heavy atom. The zero-order valence-corrected chi connectivity index (χ0v) is 14.8. The molecule has 0 fully saturated rings. The van der Waals surface area contributed by atoms with Gasteiger partial charge in [0.2, 0.25) is 0 Å².